The smallest absolute Gasteiger partial charge is 0.110 e. The lowest BCUT2D eigenvalue weighted by Gasteiger charge is -2.01. The quantitative estimate of drug-likeness (QED) is 0.738. The summed E-state index contributed by atoms with van der Waals surface area (Å²) in [5, 5.41) is 1.07. The van der Waals surface area contributed by atoms with Crippen molar-refractivity contribution in [2.24, 2.45) is 5.73 Å². The number of hydrogen-bond acceptors (Lipinski definition) is 3. The molecule has 0 aromatic carbocycles. The van der Waals surface area contributed by atoms with Gasteiger partial charge in [-0.2, -0.15) is 0 Å². The van der Waals surface area contributed by atoms with Crippen LogP contribution >= 0.6 is 11.3 Å². The summed E-state index contributed by atoms with van der Waals surface area (Å²) in [6.07, 6.45) is 0.965. The lowest BCUT2D eigenvalue weighted by molar-refractivity contribution is 0.691. The molecule has 62 valence electrons. The fraction of sp³-hybridized carbons (Fsp3) is 0.625. The summed E-state index contributed by atoms with van der Waals surface area (Å²) in [4.78, 5) is 5.66. The third-order valence-electron chi connectivity index (χ3n) is 1.80. The monoisotopic (exact) mass is 170 g/mol. The topological polar surface area (TPSA) is 38.9 Å². The van der Waals surface area contributed by atoms with E-state index in [4.69, 9.17) is 5.73 Å². The maximum Gasteiger partial charge on any atom is 0.110 e. The Bertz CT molecular complexity index is 223. The van der Waals surface area contributed by atoms with Crippen molar-refractivity contribution in [1.82, 2.24) is 4.98 Å². The van der Waals surface area contributed by atoms with E-state index in [0.29, 0.717) is 0 Å². The van der Waals surface area contributed by atoms with E-state index < -0.39 is 0 Å². The van der Waals surface area contributed by atoms with Gasteiger partial charge in [-0.05, 0) is 20.3 Å². The Morgan fingerprint density at radius 2 is 2.18 bits per heavy atom. The summed E-state index contributed by atoms with van der Waals surface area (Å²) in [5.41, 5.74) is 6.94. The third-order valence-corrected chi connectivity index (χ3v) is 3.01. The van der Waals surface area contributed by atoms with Gasteiger partial charge in [-0.1, -0.05) is 6.92 Å². The van der Waals surface area contributed by atoms with Crippen LogP contribution < -0.4 is 5.73 Å². The first kappa shape index (κ1) is 8.68. The molecule has 0 saturated heterocycles. The highest BCUT2D eigenvalue weighted by Crippen LogP contribution is 2.22. The van der Waals surface area contributed by atoms with Gasteiger partial charge in [0.1, 0.15) is 5.01 Å². The number of aromatic nitrogens is 1. The minimum atomic E-state index is 0.132. The van der Waals surface area contributed by atoms with E-state index in [0.717, 1.165) is 17.1 Å². The minimum absolute atomic E-state index is 0.132. The zero-order valence-electron chi connectivity index (χ0n) is 7.22. The molecule has 3 heteroatoms. The normalized spacial score (nSPS) is 13.5. The van der Waals surface area contributed by atoms with Crippen molar-refractivity contribution in [3.63, 3.8) is 0 Å². The maximum absolute atomic E-state index is 5.82. The first-order chi connectivity index (χ1) is 5.15. The van der Waals surface area contributed by atoms with Crippen LogP contribution in [-0.2, 0) is 0 Å². The molecule has 0 unspecified atom stereocenters. The molecule has 0 saturated carbocycles. The van der Waals surface area contributed by atoms with Crippen molar-refractivity contribution in [1.29, 1.82) is 0 Å². The highest BCUT2D eigenvalue weighted by atomic mass is 32.1. The van der Waals surface area contributed by atoms with Crippen LogP contribution in [0.2, 0.25) is 0 Å². The fourth-order valence-electron chi connectivity index (χ4n) is 0.831. The van der Waals surface area contributed by atoms with Crippen LogP contribution in [0.15, 0.2) is 0 Å². The summed E-state index contributed by atoms with van der Waals surface area (Å²) >= 11 is 1.71. The zero-order valence-corrected chi connectivity index (χ0v) is 8.03. The summed E-state index contributed by atoms with van der Waals surface area (Å²) in [6.45, 7) is 6.19. The molecule has 1 atom stereocenters. The summed E-state index contributed by atoms with van der Waals surface area (Å²) < 4.78 is 0. The van der Waals surface area contributed by atoms with Crippen molar-refractivity contribution in [3.05, 3.63) is 15.6 Å². The van der Waals surface area contributed by atoms with Crippen molar-refractivity contribution < 1.29 is 0 Å². The van der Waals surface area contributed by atoms with E-state index >= 15 is 0 Å². The van der Waals surface area contributed by atoms with Gasteiger partial charge < -0.3 is 5.73 Å². The van der Waals surface area contributed by atoms with Crippen molar-refractivity contribution >= 4 is 11.3 Å². The van der Waals surface area contributed by atoms with Gasteiger partial charge in [-0.25, -0.2) is 4.98 Å². The second-order valence-corrected chi connectivity index (χ2v) is 3.94. The molecule has 0 fully saturated rings. The number of aryl methyl sites for hydroxylation is 2. The molecule has 0 aliphatic rings. The average molecular weight is 170 g/mol. The molecule has 1 heterocycles. The Balaban J connectivity index is 2.88. The van der Waals surface area contributed by atoms with Crippen LogP contribution in [0.5, 0.6) is 0 Å². The van der Waals surface area contributed by atoms with Gasteiger partial charge in [0.2, 0.25) is 0 Å². The molecule has 11 heavy (non-hydrogen) atoms. The zero-order chi connectivity index (χ0) is 8.43. The molecular formula is C8H14N2S. The molecule has 1 aromatic rings. The van der Waals surface area contributed by atoms with Gasteiger partial charge in [0.15, 0.2) is 0 Å². The molecule has 0 aliphatic heterocycles. The van der Waals surface area contributed by atoms with Gasteiger partial charge in [0.25, 0.3) is 0 Å². The van der Waals surface area contributed by atoms with E-state index in [9.17, 15) is 0 Å². The number of rotatable bonds is 2. The molecule has 2 N–H and O–H groups in total. The Morgan fingerprint density at radius 1 is 1.55 bits per heavy atom. The van der Waals surface area contributed by atoms with E-state index in [1.54, 1.807) is 11.3 Å². The van der Waals surface area contributed by atoms with Gasteiger partial charge in [-0.15, -0.1) is 11.3 Å². The van der Waals surface area contributed by atoms with Crippen LogP contribution in [0.4, 0.5) is 0 Å². The molecule has 2 nitrogen and oxygen atoms in total. The molecule has 0 amide bonds. The lowest BCUT2D eigenvalue weighted by atomic mass is 10.2. The van der Waals surface area contributed by atoms with Gasteiger partial charge in [-0.3, -0.25) is 0 Å². The number of hydrogen-bond donors (Lipinski definition) is 1. The van der Waals surface area contributed by atoms with Gasteiger partial charge in [0.05, 0.1) is 11.7 Å². The first-order valence-electron chi connectivity index (χ1n) is 3.84. The molecule has 0 aliphatic carbocycles. The largest absolute Gasteiger partial charge is 0.322 e. The Kier molecular flexibility index (Phi) is 2.62. The molecular weight excluding hydrogens is 156 g/mol. The molecule has 0 bridgehead atoms. The molecule has 0 radical (unpaired) electrons. The van der Waals surface area contributed by atoms with E-state index in [-0.39, 0.29) is 6.04 Å². The minimum Gasteiger partial charge on any atom is -0.322 e. The summed E-state index contributed by atoms with van der Waals surface area (Å²) in [7, 11) is 0. The van der Waals surface area contributed by atoms with Gasteiger partial charge >= 0.3 is 0 Å². The van der Waals surface area contributed by atoms with Crippen molar-refractivity contribution in [2.45, 2.75) is 33.2 Å². The van der Waals surface area contributed by atoms with Crippen molar-refractivity contribution in [3.8, 4) is 0 Å². The number of nitrogens with zero attached hydrogens (tertiary/aromatic N) is 1. The second kappa shape index (κ2) is 3.32. The number of nitrogens with two attached hydrogens (primary N) is 1. The Hall–Kier alpha value is -0.410. The van der Waals surface area contributed by atoms with Crippen LogP contribution in [0.3, 0.4) is 0 Å². The standard InChI is InChI=1S/C8H14N2S/c1-4-7(9)8-10-5(2)6(3)11-8/h7H,4,9H2,1-3H3/t7-/m1/s1. The summed E-state index contributed by atoms with van der Waals surface area (Å²) in [6, 6.07) is 0.132. The predicted molar refractivity (Wildman–Crippen MR) is 48.8 cm³/mol. The molecule has 1 rings (SSSR count). The fourth-order valence-corrected chi connectivity index (χ4v) is 1.84. The predicted octanol–water partition coefficient (Wildman–Crippen LogP) is 2.17. The van der Waals surface area contributed by atoms with E-state index in [1.165, 1.54) is 4.88 Å². The summed E-state index contributed by atoms with van der Waals surface area (Å²) in [5.74, 6) is 0. The Morgan fingerprint density at radius 3 is 2.55 bits per heavy atom. The van der Waals surface area contributed by atoms with E-state index in [2.05, 4.69) is 18.8 Å². The van der Waals surface area contributed by atoms with Gasteiger partial charge in [0, 0.05) is 4.88 Å². The second-order valence-electron chi connectivity index (χ2n) is 2.71. The SMILES string of the molecule is CC[C@@H](N)c1nc(C)c(C)s1. The lowest BCUT2D eigenvalue weighted by Crippen LogP contribution is -2.07. The highest BCUT2D eigenvalue weighted by molar-refractivity contribution is 7.11. The van der Waals surface area contributed by atoms with Crippen LogP contribution in [0.25, 0.3) is 0 Å². The maximum atomic E-state index is 5.82. The first-order valence-corrected chi connectivity index (χ1v) is 4.66. The molecule has 1 aromatic heterocycles. The third kappa shape index (κ3) is 1.79. The Labute approximate surface area is 71.5 Å². The van der Waals surface area contributed by atoms with Crippen LogP contribution in [0.1, 0.15) is 35.0 Å². The average Bonchev–Trinajstić information content (AvgIpc) is 2.31. The highest BCUT2D eigenvalue weighted by Gasteiger charge is 2.09. The van der Waals surface area contributed by atoms with E-state index in [1.807, 2.05) is 6.92 Å². The van der Waals surface area contributed by atoms with Crippen molar-refractivity contribution in [2.75, 3.05) is 0 Å². The van der Waals surface area contributed by atoms with Crippen LogP contribution in [-0.4, -0.2) is 4.98 Å². The van der Waals surface area contributed by atoms with Crippen LogP contribution in [0, 0.1) is 13.8 Å². The number of thiazole rings is 1. The molecule has 0 spiro atoms.